The molecule has 0 aromatic heterocycles. The van der Waals surface area contributed by atoms with Crippen LogP contribution in [-0.2, 0) is 19.8 Å². The van der Waals surface area contributed by atoms with E-state index in [1.54, 1.807) is 37.3 Å². The molecule has 9 heteroatoms. The number of hydrogen-bond donors (Lipinski definition) is 3. The normalized spacial score (nSPS) is 21.1. The first-order valence-electron chi connectivity index (χ1n) is 14.0. The average molecular weight is 561 g/mol. The molecule has 2 amide bonds. The second-order valence-electron chi connectivity index (χ2n) is 12.3. The molecule has 2 aromatic rings. The maximum atomic E-state index is 13.7. The number of nitrogens with one attached hydrogen (secondary N) is 1. The molecule has 2 unspecified atom stereocenters. The number of aromatic hydroxyl groups is 1. The fourth-order valence-electron chi connectivity index (χ4n) is 5.57. The summed E-state index contributed by atoms with van der Waals surface area (Å²) in [6.07, 6.45) is 2.65. The summed E-state index contributed by atoms with van der Waals surface area (Å²) in [5, 5.41) is 25.0. The highest BCUT2D eigenvalue weighted by atomic mass is 16.4. The number of carbonyl (C=O) groups is 3. The van der Waals surface area contributed by atoms with E-state index in [0.29, 0.717) is 47.5 Å². The maximum Gasteiger partial charge on any atom is 0.306 e. The van der Waals surface area contributed by atoms with Crippen LogP contribution in [0.3, 0.4) is 0 Å². The van der Waals surface area contributed by atoms with Crippen molar-refractivity contribution in [3.05, 3.63) is 64.7 Å². The van der Waals surface area contributed by atoms with E-state index in [1.807, 2.05) is 31.1 Å². The number of hydrogen-bond acceptors (Lipinski definition) is 7. The van der Waals surface area contributed by atoms with Crippen molar-refractivity contribution in [3.63, 3.8) is 0 Å². The lowest BCUT2D eigenvalue weighted by molar-refractivity contribution is -0.143. The van der Waals surface area contributed by atoms with Crippen LogP contribution in [0.4, 0.5) is 11.4 Å². The van der Waals surface area contributed by atoms with Gasteiger partial charge in [0.2, 0.25) is 0 Å². The summed E-state index contributed by atoms with van der Waals surface area (Å²) in [5.41, 5.74) is 6.28. The number of carboxylic acid groups (broad SMARTS) is 1. The van der Waals surface area contributed by atoms with Crippen LogP contribution in [0.1, 0.15) is 70.4 Å². The van der Waals surface area contributed by atoms with Gasteiger partial charge in [-0.15, -0.1) is 0 Å². The van der Waals surface area contributed by atoms with Crippen molar-refractivity contribution in [1.82, 2.24) is 4.90 Å². The van der Waals surface area contributed by atoms with Crippen LogP contribution >= 0.6 is 0 Å². The van der Waals surface area contributed by atoms with Gasteiger partial charge in [0.25, 0.3) is 11.8 Å². The van der Waals surface area contributed by atoms with Gasteiger partial charge in [-0.25, -0.2) is 4.90 Å². The number of benzene rings is 2. The SMILES string of the molecule is CC1=C(CN(C)C)C(=O)N(c2ccc(C(C)(C)C)cc2)C(=O)/C1=N/Nc1cccc(C2CCCC(C(=O)O)C2)c1O. The van der Waals surface area contributed by atoms with Crippen molar-refractivity contribution < 1.29 is 24.6 Å². The number of imide groups is 1. The van der Waals surface area contributed by atoms with Crippen LogP contribution in [0.15, 0.2) is 58.7 Å². The van der Waals surface area contributed by atoms with E-state index in [1.165, 1.54) is 0 Å². The summed E-state index contributed by atoms with van der Waals surface area (Å²) in [6, 6.07) is 12.6. The number of carboxylic acids is 1. The summed E-state index contributed by atoms with van der Waals surface area (Å²) in [5.74, 6) is -2.30. The minimum Gasteiger partial charge on any atom is -0.505 e. The molecule has 2 aromatic carbocycles. The fourth-order valence-corrected chi connectivity index (χ4v) is 5.57. The number of para-hydroxylation sites is 1. The third-order valence-corrected chi connectivity index (χ3v) is 7.96. The molecule has 0 bridgehead atoms. The molecule has 2 atom stereocenters. The van der Waals surface area contributed by atoms with Gasteiger partial charge < -0.3 is 15.1 Å². The molecule has 0 radical (unpaired) electrons. The van der Waals surface area contributed by atoms with Crippen molar-refractivity contribution in [2.24, 2.45) is 11.0 Å². The number of carbonyl (C=O) groups excluding carboxylic acids is 2. The van der Waals surface area contributed by atoms with E-state index in [9.17, 15) is 24.6 Å². The number of aliphatic carboxylic acids is 1. The van der Waals surface area contributed by atoms with Gasteiger partial charge in [-0.3, -0.25) is 19.8 Å². The van der Waals surface area contributed by atoms with E-state index in [-0.39, 0.29) is 22.8 Å². The zero-order chi connectivity index (χ0) is 30.1. The smallest absolute Gasteiger partial charge is 0.306 e. The molecule has 4 rings (SSSR count). The number of nitrogens with zero attached hydrogens (tertiary/aromatic N) is 3. The van der Waals surface area contributed by atoms with Crippen LogP contribution in [0.25, 0.3) is 0 Å². The van der Waals surface area contributed by atoms with Gasteiger partial charge in [-0.05, 0) is 86.5 Å². The first-order chi connectivity index (χ1) is 19.3. The number of rotatable bonds is 7. The number of phenolic OH excluding ortho intramolecular Hbond substituents is 1. The predicted molar refractivity (Wildman–Crippen MR) is 160 cm³/mol. The lowest BCUT2D eigenvalue weighted by Gasteiger charge is -2.30. The standard InChI is InChI=1S/C32H40N4O5/c1-19-25(18-35(5)6)29(38)36(23-15-13-22(14-16-23)32(2,3)4)30(39)27(19)34-33-26-12-8-11-24(28(26)37)20-9-7-10-21(17-20)31(40)41/h8,11-16,20-21,33,37H,7,9-10,17-18H2,1-6H3,(H,40,41)/b34-27+. The number of phenols is 1. The summed E-state index contributed by atoms with van der Waals surface area (Å²) in [6.45, 7) is 8.32. The van der Waals surface area contributed by atoms with E-state index in [4.69, 9.17) is 0 Å². The molecular formula is C32H40N4O5. The van der Waals surface area contributed by atoms with Gasteiger partial charge in [0, 0.05) is 12.1 Å². The molecule has 1 aliphatic heterocycles. The maximum absolute atomic E-state index is 13.7. The van der Waals surface area contributed by atoms with Gasteiger partial charge in [0.1, 0.15) is 5.75 Å². The molecule has 1 heterocycles. The van der Waals surface area contributed by atoms with E-state index >= 15 is 0 Å². The topological polar surface area (TPSA) is 123 Å². The van der Waals surface area contributed by atoms with Crippen molar-refractivity contribution >= 4 is 34.9 Å². The minimum absolute atomic E-state index is 0.0167. The number of hydrazone groups is 1. The molecular weight excluding hydrogens is 520 g/mol. The quantitative estimate of drug-likeness (QED) is 0.240. The van der Waals surface area contributed by atoms with Crippen LogP contribution < -0.4 is 10.3 Å². The third kappa shape index (κ3) is 6.35. The zero-order valence-corrected chi connectivity index (χ0v) is 24.7. The van der Waals surface area contributed by atoms with Crippen LogP contribution in [0, 0.1) is 5.92 Å². The zero-order valence-electron chi connectivity index (χ0n) is 24.7. The Labute approximate surface area is 241 Å². The molecule has 1 aliphatic carbocycles. The third-order valence-electron chi connectivity index (χ3n) is 7.96. The van der Waals surface area contributed by atoms with Crippen LogP contribution in [0.2, 0.25) is 0 Å². The van der Waals surface area contributed by atoms with Crippen molar-refractivity contribution in [2.75, 3.05) is 31.0 Å². The molecule has 1 fully saturated rings. The number of amides is 2. The van der Waals surface area contributed by atoms with E-state index in [2.05, 4.69) is 31.3 Å². The van der Waals surface area contributed by atoms with Gasteiger partial charge in [0.15, 0.2) is 5.71 Å². The summed E-state index contributed by atoms with van der Waals surface area (Å²) in [7, 11) is 3.70. The summed E-state index contributed by atoms with van der Waals surface area (Å²) < 4.78 is 0. The summed E-state index contributed by atoms with van der Waals surface area (Å²) in [4.78, 5) is 41.9. The fraction of sp³-hybridized carbons (Fsp3) is 0.438. The highest BCUT2D eigenvalue weighted by molar-refractivity contribution is 6.57. The first kappa shape index (κ1) is 30.0. The Morgan fingerprint density at radius 2 is 1.76 bits per heavy atom. The largest absolute Gasteiger partial charge is 0.505 e. The average Bonchev–Trinajstić information content (AvgIpc) is 2.91. The van der Waals surface area contributed by atoms with Crippen molar-refractivity contribution in [2.45, 2.75) is 64.7 Å². The molecule has 1 saturated carbocycles. The van der Waals surface area contributed by atoms with E-state index < -0.39 is 23.7 Å². The van der Waals surface area contributed by atoms with Crippen LogP contribution in [-0.4, -0.2) is 59.2 Å². The number of anilines is 2. The Hall–Kier alpha value is -3.98. The second-order valence-corrected chi connectivity index (χ2v) is 12.3. The predicted octanol–water partition coefficient (Wildman–Crippen LogP) is 5.27. The highest BCUT2D eigenvalue weighted by Crippen LogP contribution is 2.42. The molecule has 218 valence electrons. The van der Waals surface area contributed by atoms with Gasteiger partial charge in [-0.1, -0.05) is 51.5 Å². The van der Waals surface area contributed by atoms with Gasteiger partial charge >= 0.3 is 5.97 Å². The van der Waals surface area contributed by atoms with Crippen molar-refractivity contribution in [1.29, 1.82) is 0 Å². The molecule has 9 nitrogen and oxygen atoms in total. The van der Waals surface area contributed by atoms with Gasteiger partial charge in [-0.2, -0.15) is 5.10 Å². The second kappa shape index (κ2) is 11.9. The summed E-state index contributed by atoms with van der Waals surface area (Å²) >= 11 is 0. The Kier molecular flexibility index (Phi) is 8.68. The lowest BCUT2D eigenvalue weighted by Crippen LogP contribution is -2.49. The Bertz CT molecular complexity index is 1400. The van der Waals surface area contributed by atoms with Crippen LogP contribution in [0.5, 0.6) is 5.75 Å². The van der Waals surface area contributed by atoms with E-state index in [0.717, 1.165) is 23.3 Å². The molecule has 2 aliphatic rings. The number of likely N-dealkylation sites (N-methyl/N-ethyl adjacent to an activating group) is 1. The highest BCUT2D eigenvalue weighted by Gasteiger charge is 2.38. The van der Waals surface area contributed by atoms with Crippen molar-refractivity contribution in [3.8, 4) is 5.75 Å². The Morgan fingerprint density at radius 1 is 1.07 bits per heavy atom. The molecule has 3 N–H and O–H groups in total. The minimum atomic E-state index is -0.811. The first-order valence-corrected chi connectivity index (χ1v) is 14.0. The van der Waals surface area contributed by atoms with Gasteiger partial charge in [0.05, 0.1) is 17.3 Å². The Morgan fingerprint density at radius 3 is 2.37 bits per heavy atom. The lowest BCUT2D eigenvalue weighted by atomic mass is 9.77. The monoisotopic (exact) mass is 560 g/mol. The Balaban J connectivity index is 1.69. The molecule has 41 heavy (non-hydrogen) atoms. The molecule has 0 spiro atoms. The molecule has 0 saturated heterocycles.